The minimum atomic E-state index is -4.10. The zero-order valence-corrected chi connectivity index (χ0v) is 15.8. The van der Waals surface area contributed by atoms with Gasteiger partial charge in [-0.3, -0.25) is 0 Å². The summed E-state index contributed by atoms with van der Waals surface area (Å²) < 4.78 is 49.8. The highest BCUT2D eigenvalue weighted by atomic mass is 32.2. The van der Waals surface area contributed by atoms with Gasteiger partial charge in [0.15, 0.2) is 12.7 Å². The monoisotopic (exact) mass is 367 g/mol. The Morgan fingerprint density at radius 3 is 2.35 bits per heavy atom. The topological polar surface area (TPSA) is 92.3 Å². The second-order valence-electron chi connectivity index (χ2n) is 5.38. The van der Waals surface area contributed by atoms with Gasteiger partial charge in [0, 0.05) is 46.0 Å². The van der Waals surface area contributed by atoms with Crippen molar-refractivity contribution in [2.24, 2.45) is 0 Å². The van der Waals surface area contributed by atoms with Crippen molar-refractivity contribution in [3.05, 3.63) is 12.4 Å². The summed E-state index contributed by atoms with van der Waals surface area (Å²) in [5.41, 5.74) is 0. The third kappa shape index (κ3) is 7.66. The molecule has 0 aliphatic carbocycles. The minimum absolute atomic E-state index is 0.293. The van der Waals surface area contributed by atoms with Crippen LogP contribution in [0, 0.1) is 0 Å². The second-order valence-corrected chi connectivity index (χ2v) is 9.99. The molecular formula is C13H27N2O6SSi+. The van der Waals surface area contributed by atoms with Crippen LogP contribution in [0.5, 0.6) is 0 Å². The summed E-state index contributed by atoms with van der Waals surface area (Å²) in [5, 5.41) is 0. The zero-order valence-electron chi connectivity index (χ0n) is 14.0. The molecule has 8 nitrogen and oxygen atoms in total. The molecule has 0 aromatic heterocycles. The van der Waals surface area contributed by atoms with Crippen LogP contribution < -0.4 is 4.90 Å². The van der Waals surface area contributed by atoms with Gasteiger partial charge in [0.1, 0.15) is 0 Å². The molecule has 10 heteroatoms. The van der Waals surface area contributed by atoms with E-state index in [1.807, 2.05) is 23.3 Å². The average molecular weight is 368 g/mol. The molecule has 0 radical (unpaired) electrons. The highest BCUT2D eigenvalue weighted by molar-refractivity contribution is 7.85. The number of nitrogens with one attached hydrogen (secondary N) is 1. The van der Waals surface area contributed by atoms with Crippen LogP contribution in [-0.4, -0.2) is 72.9 Å². The molecule has 1 rings (SSSR count). The van der Waals surface area contributed by atoms with Crippen LogP contribution in [0.3, 0.4) is 0 Å². The van der Waals surface area contributed by atoms with Gasteiger partial charge in [-0.1, -0.05) is 0 Å². The van der Waals surface area contributed by atoms with Gasteiger partial charge in [-0.15, -0.1) is 0 Å². The summed E-state index contributed by atoms with van der Waals surface area (Å²) in [4.78, 5) is 1.20. The summed E-state index contributed by atoms with van der Waals surface area (Å²) in [6, 6.07) is 0.753. The summed E-state index contributed by atoms with van der Waals surface area (Å²) in [6.07, 6.45) is 8.02. The molecule has 0 amide bonds. The normalized spacial score (nSPS) is 18.4. The smallest absolute Gasteiger partial charge is 0.500 e. The van der Waals surface area contributed by atoms with E-state index in [1.165, 1.54) is 4.90 Å². The lowest BCUT2D eigenvalue weighted by molar-refractivity contribution is -0.749. The Kier molecular flexibility index (Phi) is 8.54. The van der Waals surface area contributed by atoms with Crippen molar-refractivity contribution >= 4 is 25.3 Å². The Balaban J connectivity index is 2.28. The molecule has 0 fully saturated rings. The number of rotatable bonds is 12. The maximum atomic E-state index is 10.5. The molecule has 0 saturated carbocycles. The fourth-order valence-corrected chi connectivity index (χ4v) is 4.70. The van der Waals surface area contributed by atoms with Crippen LogP contribution in [0.1, 0.15) is 19.3 Å². The summed E-state index contributed by atoms with van der Waals surface area (Å²) >= 11 is 0. The molecular weight excluding hydrogens is 340 g/mol. The average Bonchev–Trinajstić information content (AvgIpc) is 2.96. The van der Waals surface area contributed by atoms with Crippen molar-refractivity contribution in [1.29, 1.82) is 0 Å². The minimum Gasteiger partial charge on any atom is -0.748 e. The molecule has 0 aromatic carbocycles. The molecule has 23 heavy (non-hydrogen) atoms. The third-order valence-electron chi connectivity index (χ3n) is 3.75. The molecule has 0 bridgehead atoms. The predicted octanol–water partition coefficient (Wildman–Crippen LogP) is -1.01. The standard InChI is InChI=1S/C13H26N2O6SSi/c1-19-23(20-2,21-3)12-6-8-15-10-9-14(13-15)7-4-5-11-22(16,17)18/h9-10,13H,4-8,11-12H2,1-3H3/p+1. The molecule has 1 aliphatic heterocycles. The first-order valence-corrected chi connectivity index (χ1v) is 11.1. The fourth-order valence-electron chi connectivity index (χ4n) is 2.42. The highest BCUT2D eigenvalue weighted by Crippen LogP contribution is 2.13. The maximum absolute atomic E-state index is 10.5. The number of nitrogens with zero attached hydrogens (tertiary/aromatic N) is 1. The Morgan fingerprint density at radius 1 is 1.13 bits per heavy atom. The van der Waals surface area contributed by atoms with Gasteiger partial charge >= 0.3 is 15.1 Å². The van der Waals surface area contributed by atoms with E-state index >= 15 is 0 Å². The SMILES string of the molecule is CO[Si](CCC[NH+]1C=C[N+](CCCCS(=O)(=O)[O-])=C1)(OC)OC. The van der Waals surface area contributed by atoms with Gasteiger partial charge in [0.2, 0.25) is 6.20 Å². The fraction of sp³-hybridized carbons (Fsp3) is 0.769. The van der Waals surface area contributed by atoms with E-state index in [0.717, 1.165) is 19.0 Å². The molecule has 0 spiro atoms. The second kappa shape index (κ2) is 9.62. The lowest BCUT2D eigenvalue weighted by Crippen LogP contribution is -3.06. The van der Waals surface area contributed by atoms with E-state index in [2.05, 4.69) is 0 Å². The first-order valence-electron chi connectivity index (χ1n) is 7.58. The van der Waals surface area contributed by atoms with Gasteiger partial charge in [0.25, 0.3) is 0 Å². The summed E-state index contributed by atoms with van der Waals surface area (Å²) in [6.45, 7) is 1.61. The van der Waals surface area contributed by atoms with Gasteiger partial charge in [0.05, 0.1) is 16.7 Å². The third-order valence-corrected chi connectivity index (χ3v) is 7.37. The van der Waals surface area contributed by atoms with Crippen molar-refractivity contribution < 1.29 is 35.7 Å². The van der Waals surface area contributed by atoms with Crippen LogP contribution in [-0.2, 0) is 23.4 Å². The van der Waals surface area contributed by atoms with Crippen molar-refractivity contribution in [3.63, 3.8) is 0 Å². The predicted molar refractivity (Wildman–Crippen MR) is 86.2 cm³/mol. The molecule has 0 saturated heterocycles. The molecule has 1 N–H and O–H groups in total. The Bertz CT molecular complexity index is 510. The lowest BCUT2D eigenvalue weighted by atomic mass is 10.3. The Labute approximate surface area is 139 Å². The molecule has 1 aliphatic rings. The van der Waals surface area contributed by atoms with Crippen LogP contribution in [0.25, 0.3) is 0 Å². The molecule has 1 unspecified atom stereocenters. The van der Waals surface area contributed by atoms with Crippen molar-refractivity contribution in [2.45, 2.75) is 25.3 Å². The van der Waals surface area contributed by atoms with E-state index in [-0.39, 0.29) is 5.75 Å². The zero-order chi connectivity index (χ0) is 17.3. The van der Waals surface area contributed by atoms with Crippen molar-refractivity contribution in [2.75, 3.05) is 40.2 Å². The quantitative estimate of drug-likeness (QED) is 0.206. The largest absolute Gasteiger partial charge is 0.748 e. The van der Waals surface area contributed by atoms with E-state index < -0.39 is 18.9 Å². The number of hydrogen-bond acceptors (Lipinski definition) is 6. The van der Waals surface area contributed by atoms with E-state index in [9.17, 15) is 13.0 Å². The van der Waals surface area contributed by atoms with Gasteiger partial charge in [-0.2, -0.15) is 4.58 Å². The van der Waals surface area contributed by atoms with Crippen LogP contribution in [0.15, 0.2) is 12.4 Å². The summed E-state index contributed by atoms with van der Waals surface area (Å²) in [7, 11) is -1.77. The van der Waals surface area contributed by atoms with Crippen molar-refractivity contribution in [3.8, 4) is 0 Å². The van der Waals surface area contributed by atoms with Crippen molar-refractivity contribution in [1.82, 2.24) is 0 Å². The Morgan fingerprint density at radius 2 is 1.78 bits per heavy atom. The van der Waals surface area contributed by atoms with E-state index in [0.29, 0.717) is 19.4 Å². The van der Waals surface area contributed by atoms with Gasteiger partial charge in [-0.05, 0) is 6.42 Å². The maximum Gasteiger partial charge on any atom is 0.500 e. The van der Waals surface area contributed by atoms with Crippen LogP contribution >= 0.6 is 0 Å². The lowest BCUT2D eigenvalue weighted by Gasteiger charge is -2.23. The first-order chi connectivity index (χ1) is 10.8. The molecule has 1 atom stereocenters. The Hall–Kier alpha value is -0.623. The molecule has 0 aromatic rings. The first kappa shape index (κ1) is 20.4. The van der Waals surface area contributed by atoms with Gasteiger partial charge in [-0.25, -0.2) is 13.3 Å². The van der Waals surface area contributed by atoms with Crippen LogP contribution in [0.2, 0.25) is 6.04 Å². The number of unbranched alkanes of at least 4 members (excludes halogenated alkanes) is 1. The highest BCUT2D eigenvalue weighted by Gasteiger charge is 2.37. The van der Waals surface area contributed by atoms with Gasteiger partial charge < -0.3 is 17.8 Å². The van der Waals surface area contributed by atoms with E-state index in [1.54, 1.807) is 21.3 Å². The molecule has 134 valence electrons. The van der Waals surface area contributed by atoms with Crippen LogP contribution in [0.4, 0.5) is 0 Å². The molecule has 1 heterocycles. The number of quaternary nitrogens is 1. The number of hydrogen-bond donors (Lipinski definition) is 1. The summed E-state index contributed by atoms with van der Waals surface area (Å²) in [5.74, 6) is -0.293. The van der Waals surface area contributed by atoms with E-state index in [4.69, 9.17) is 13.3 Å².